The number of hydrogen-bond donors (Lipinski definition) is 1. The highest BCUT2D eigenvalue weighted by molar-refractivity contribution is 4.60. The Bertz CT molecular complexity index is 57.7. The number of methoxy groups -OCH3 is 1. The number of nitrogens with one attached hydrogen (secondary N) is 1. The van der Waals surface area contributed by atoms with Gasteiger partial charge in [0.2, 0.25) is 0 Å². The van der Waals surface area contributed by atoms with E-state index in [1.54, 1.807) is 0 Å². The number of alkyl halides is 1. The molecule has 7 heavy (non-hydrogen) atoms. The standard InChI is InChI=1S/C4H8FNO/c1-3-6-4(5)7-2/h3-4,6H,1H2,2H3. The predicted molar refractivity (Wildman–Crippen MR) is 25.2 cm³/mol. The van der Waals surface area contributed by atoms with Gasteiger partial charge in [-0.3, -0.25) is 0 Å². The average molecular weight is 105 g/mol. The van der Waals surface area contributed by atoms with Gasteiger partial charge in [-0.2, -0.15) is 4.39 Å². The van der Waals surface area contributed by atoms with Crippen LogP contribution < -0.4 is 5.32 Å². The lowest BCUT2D eigenvalue weighted by Crippen LogP contribution is -2.19. The number of ether oxygens (including phenoxy) is 1. The Morgan fingerprint density at radius 3 is 2.71 bits per heavy atom. The van der Waals surface area contributed by atoms with Crippen molar-refractivity contribution in [3.8, 4) is 0 Å². The van der Waals surface area contributed by atoms with Crippen molar-refractivity contribution in [2.24, 2.45) is 0 Å². The monoisotopic (exact) mass is 105 g/mol. The first-order valence-corrected chi connectivity index (χ1v) is 1.85. The van der Waals surface area contributed by atoms with E-state index in [2.05, 4.69) is 16.6 Å². The van der Waals surface area contributed by atoms with E-state index in [1.807, 2.05) is 0 Å². The molecule has 0 aliphatic rings. The first kappa shape index (κ1) is 6.43. The van der Waals surface area contributed by atoms with E-state index in [0.29, 0.717) is 0 Å². The fourth-order valence-corrected chi connectivity index (χ4v) is 0.161. The molecule has 0 radical (unpaired) electrons. The summed E-state index contributed by atoms with van der Waals surface area (Å²) in [5, 5.41) is 2.17. The molecule has 0 fully saturated rings. The molecule has 0 bridgehead atoms. The third kappa shape index (κ3) is 3.26. The average Bonchev–Trinajstić information content (AvgIpc) is 1.68. The summed E-state index contributed by atoms with van der Waals surface area (Å²) in [5.41, 5.74) is 0. The first-order chi connectivity index (χ1) is 3.31. The van der Waals surface area contributed by atoms with Gasteiger partial charge < -0.3 is 10.1 Å². The molecule has 0 aromatic rings. The fraction of sp³-hybridized carbons (Fsp3) is 0.500. The van der Waals surface area contributed by atoms with Crippen molar-refractivity contribution in [1.29, 1.82) is 0 Å². The van der Waals surface area contributed by atoms with Gasteiger partial charge in [0.15, 0.2) is 0 Å². The summed E-state index contributed by atoms with van der Waals surface area (Å²) in [7, 11) is 1.27. The topological polar surface area (TPSA) is 21.3 Å². The highest BCUT2D eigenvalue weighted by atomic mass is 19.1. The summed E-state index contributed by atoms with van der Waals surface area (Å²) in [5.74, 6) is 0. The summed E-state index contributed by atoms with van der Waals surface area (Å²) < 4.78 is 15.9. The van der Waals surface area contributed by atoms with Crippen molar-refractivity contribution in [2.45, 2.75) is 6.48 Å². The lowest BCUT2D eigenvalue weighted by atomic mass is 10.9. The van der Waals surface area contributed by atoms with Gasteiger partial charge in [0.05, 0.1) is 0 Å². The summed E-state index contributed by atoms with van der Waals surface area (Å²) in [6.07, 6.45) is 1.23. The normalized spacial score (nSPS) is 12.9. The molecular weight excluding hydrogens is 97.0 g/mol. The Balaban J connectivity index is 2.98. The molecule has 3 heteroatoms. The van der Waals surface area contributed by atoms with Gasteiger partial charge in [-0.1, -0.05) is 6.58 Å². The summed E-state index contributed by atoms with van der Waals surface area (Å²) in [6, 6.07) is 0. The van der Waals surface area contributed by atoms with Crippen molar-refractivity contribution in [2.75, 3.05) is 7.11 Å². The van der Waals surface area contributed by atoms with Gasteiger partial charge in [0.25, 0.3) is 6.48 Å². The summed E-state index contributed by atoms with van der Waals surface area (Å²) in [4.78, 5) is 0. The van der Waals surface area contributed by atoms with E-state index in [-0.39, 0.29) is 0 Å². The lowest BCUT2D eigenvalue weighted by molar-refractivity contribution is -0.0204. The van der Waals surface area contributed by atoms with Crippen LogP contribution in [-0.4, -0.2) is 13.6 Å². The molecule has 1 atom stereocenters. The van der Waals surface area contributed by atoms with E-state index >= 15 is 0 Å². The molecule has 0 saturated carbocycles. The molecule has 0 amide bonds. The molecule has 0 heterocycles. The summed E-state index contributed by atoms with van der Waals surface area (Å²) in [6.45, 7) is 1.80. The highest BCUT2D eigenvalue weighted by Gasteiger charge is 1.93. The van der Waals surface area contributed by atoms with Crippen LogP contribution in [0.4, 0.5) is 4.39 Å². The van der Waals surface area contributed by atoms with Crippen LogP contribution in [0.2, 0.25) is 0 Å². The Kier molecular flexibility index (Phi) is 3.32. The van der Waals surface area contributed by atoms with E-state index in [9.17, 15) is 4.39 Å². The van der Waals surface area contributed by atoms with Gasteiger partial charge in [-0.05, 0) is 6.20 Å². The van der Waals surface area contributed by atoms with Crippen LogP contribution >= 0.6 is 0 Å². The Hall–Kier alpha value is -0.570. The van der Waals surface area contributed by atoms with Crippen molar-refractivity contribution >= 4 is 0 Å². The minimum atomic E-state index is -1.42. The molecule has 1 unspecified atom stereocenters. The Morgan fingerprint density at radius 2 is 2.57 bits per heavy atom. The molecule has 0 aromatic carbocycles. The maximum Gasteiger partial charge on any atom is 0.275 e. The SMILES string of the molecule is C=CNC(F)OC. The van der Waals surface area contributed by atoms with Crippen LogP contribution in [0.1, 0.15) is 0 Å². The van der Waals surface area contributed by atoms with Crippen molar-refractivity contribution in [3.63, 3.8) is 0 Å². The largest absolute Gasteiger partial charge is 0.341 e. The van der Waals surface area contributed by atoms with Gasteiger partial charge in [-0.25, -0.2) is 0 Å². The first-order valence-electron chi connectivity index (χ1n) is 1.85. The van der Waals surface area contributed by atoms with Crippen LogP contribution in [0.3, 0.4) is 0 Å². The van der Waals surface area contributed by atoms with Crippen LogP contribution in [0.5, 0.6) is 0 Å². The van der Waals surface area contributed by atoms with Crippen LogP contribution in [-0.2, 0) is 4.74 Å². The second-order valence-corrected chi connectivity index (χ2v) is 0.923. The second-order valence-electron chi connectivity index (χ2n) is 0.923. The lowest BCUT2D eigenvalue weighted by Gasteiger charge is -2.01. The number of halogens is 1. The maximum absolute atomic E-state index is 11.7. The zero-order valence-electron chi connectivity index (χ0n) is 4.15. The van der Waals surface area contributed by atoms with E-state index in [0.717, 1.165) is 0 Å². The predicted octanol–water partition coefficient (Wildman–Crippen LogP) is 0.619. The molecule has 0 aromatic heterocycles. The molecule has 42 valence electrons. The molecule has 0 aliphatic carbocycles. The maximum atomic E-state index is 11.7. The zero-order valence-corrected chi connectivity index (χ0v) is 4.15. The minimum absolute atomic E-state index is 1.23. The minimum Gasteiger partial charge on any atom is -0.341 e. The van der Waals surface area contributed by atoms with E-state index in [4.69, 9.17) is 0 Å². The quantitative estimate of drug-likeness (QED) is 0.419. The molecule has 0 rings (SSSR count). The number of hydrogen-bond acceptors (Lipinski definition) is 2. The zero-order chi connectivity index (χ0) is 5.70. The van der Waals surface area contributed by atoms with Gasteiger partial charge in [0.1, 0.15) is 0 Å². The second kappa shape index (κ2) is 3.61. The van der Waals surface area contributed by atoms with Crippen LogP contribution in [0, 0.1) is 0 Å². The smallest absolute Gasteiger partial charge is 0.275 e. The third-order valence-corrected chi connectivity index (χ3v) is 0.456. The molecule has 0 saturated heterocycles. The summed E-state index contributed by atoms with van der Waals surface area (Å²) >= 11 is 0. The molecule has 1 N–H and O–H groups in total. The van der Waals surface area contributed by atoms with Crippen molar-refractivity contribution < 1.29 is 9.13 Å². The third-order valence-electron chi connectivity index (χ3n) is 0.456. The number of rotatable bonds is 3. The van der Waals surface area contributed by atoms with Crippen LogP contribution in [0.25, 0.3) is 0 Å². The van der Waals surface area contributed by atoms with E-state index < -0.39 is 6.48 Å². The van der Waals surface area contributed by atoms with Crippen LogP contribution in [0.15, 0.2) is 12.8 Å². The van der Waals surface area contributed by atoms with Gasteiger partial charge in [-0.15, -0.1) is 0 Å². The Labute approximate surface area is 42.0 Å². The van der Waals surface area contributed by atoms with Gasteiger partial charge in [0, 0.05) is 7.11 Å². The molecule has 0 aliphatic heterocycles. The van der Waals surface area contributed by atoms with Gasteiger partial charge >= 0.3 is 0 Å². The van der Waals surface area contributed by atoms with Crippen molar-refractivity contribution in [1.82, 2.24) is 5.32 Å². The fourth-order valence-electron chi connectivity index (χ4n) is 0.161. The molecule has 0 spiro atoms. The molecular formula is C4H8FNO. The highest BCUT2D eigenvalue weighted by Crippen LogP contribution is 1.81. The van der Waals surface area contributed by atoms with E-state index in [1.165, 1.54) is 13.3 Å². The Morgan fingerprint density at radius 1 is 2.00 bits per heavy atom. The molecule has 2 nitrogen and oxygen atoms in total. The van der Waals surface area contributed by atoms with Crippen molar-refractivity contribution in [3.05, 3.63) is 12.8 Å².